The summed E-state index contributed by atoms with van der Waals surface area (Å²) in [6, 6.07) is 21.2. The number of methoxy groups -OCH3 is 2. The third kappa shape index (κ3) is 4.25. The normalized spacial score (nSPS) is 11.4. The summed E-state index contributed by atoms with van der Waals surface area (Å²) in [5, 5.41) is 13.5. The standard InChI is InChI=1S/C24H22N4O3/c1-15(17-9-8-16-6-4-5-7-18(16)12-17)25-28-24(29)22-14-21(26-27-22)20-13-19(30-2)10-11-23(20)31-3/h4-14H,1-3H3,(H,26,27)(H,28,29)/b25-15+. The van der Waals surface area contributed by atoms with Crippen molar-refractivity contribution >= 4 is 22.4 Å². The molecule has 0 aliphatic carbocycles. The Morgan fingerprint density at radius 3 is 2.55 bits per heavy atom. The van der Waals surface area contributed by atoms with Crippen molar-refractivity contribution in [3.8, 4) is 22.8 Å². The Morgan fingerprint density at radius 1 is 0.968 bits per heavy atom. The first kappa shape index (κ1) is 20.2. The molecule has 1 heterocycles. The zero-order chi connectivity index (χ0) is 21.8. The molecule has 0 saturated carbocycles. The molecule has 0 radical (unpaired) electrons. The zero-order valence-electron chi connectivity index (χ0n) is 17.5. The number of rotatable bonds is 6. The van der Waals surface area contributed by atoms with Gasteiger partial charge in [0.2, 0.25) is 0 Å². The van der Waals surface area contributed by atoms with Gasteiger partial charge in [0.1, 0.15) is 17.2 Å². The van der Waals surface area contributed by atoms with E-state index in [0.717, 1.165) is 16.3 Å². The molecule has 4 aromatic rings. The van der Waals surface area contributed by atoms with Crippen molar-refractivity contribution in [3.63, 3.8) is 0 Å². The summed E-state index contributed by atoms with van der Waals surface area (Å²) in [6.45, 7) is 1.85. The molecule has 0 saturated heterocycles. The number of nitrogens with one attached hydrogen (secondary N) is 2. The lowest BCUT2D eigenvalue weighted by Crippen LogP contribution is -2.19. The third-order valence-electron chi connectivity index (χ3n) is 5.00. The molecule has 0 atom stereocenters. The van der Waals surface area contributed by atoms with Crippen LogP contribution in [-0.2, 0) is 0 Å². The quantitative estimate of drug-likeness (QED) is 0.362. The number of hydrogen-bond acceptors (Lipinski definition) is 5. The largest absolute Gasteiger partial charge is 0.497 e. The van der Waals surface area contributed by atoms with Crippen LogP contribution >= 0.6 is 0 Å². The summed E-state index contributed by atoms with van der Waals surface area (Å²) in [5.74, 6) is 0.908. The average Bonchev–Trinajstić information content (AvgIpc) is 3.31. The lowest BCUT2D eigenvalue weighted by atomic mass is 10.0. The fourth-order valence-electron chi connectivity index (χ4n) is 3.26. The maximum absolute atomic E-state index is 12.6. The van der Waals surface area contributed by atoms with Crippen LogP contribution < -0.4 is 14.9 Å². The predicted octanol–water partition coefficient (Wildman–Crippen LogP) is 4.40. The molecular formula is C24H22N4O3. The lowest BCUT2D eigenvalue weighted by Gasteiger charge is -2.08. The van der Waals surface area contributed by atoms with Crippen molar-refractivity contribution in [1.82, 2.24) is 15.6 Å². The molecule has 0 bridgehead atoms. The molecule has 0 fully saturated rings. The summed E-state index contributed by atoms with van der Waals surface area (Å²) in [4.78, 5) is 12.6. The topological polar surface area (TPSA) is 88.6 Å². The fraction of sp³-hybridized carbons (Fsp3) is 0.125. The van der Waals surface area contributed by atoms with Crippen molar-refractivity contribution in [2.45, 2.75) is 6.92 Å². The van der Waals surface area contributed by atoms with Gasteiger partial charge in [-0.1, -0.05) is 36.4 Å². The van der Waals surface area contributed by atoms with Gasteiger partial charge in [-0.25, -0.2) is 5.43 Å². The highest BCUT2D eigenvalue weighted by molar-refractivity contribution is 6.03. The zero-order valence-corrected chi connectivity index (χ0v) is 17.5. The molecule has 2 N–H and O–H groups in total. The Hall–Kier alpha value is -4.13. The van der Waals surface area contributed by atoms with E-state index in [4.69, 9.17) is 9.47 Å². The number of benzene rings is 3. The molecule has 0 unspecified atom stereocenters. The van der Waals surface area contributed by atoms with E-state index in [-0.39, 0.29) is 11.6 Å². The maximum Gasteiger partial charge on any atom is 0.289 e. The number of ether oxygens (including phenoxy) is 2. The van der Waals surface area contributed by atoms with Crippen molar-refractivity contribution < 1.29 is 14.3 Å². The van der Waals surface area contributed by atoms with Gasteiger partial charge in [0, 0.05) is 5.56 Å². The number of amides is 1. The predicted molar refractivity (Wildman–Crippen MR) is 121 cm³/mol. The molecule has 31 heavy (non-hydrogen) atoms. The van der Waals surface area contributed by atoms with E-state index in [0.29, 0.717) is 28.5 Å². The molecule has 7 nitrogen and oxygen atoms in total. The Balaban J connectivity index is 1.52. The van der Waals surface area contributed by atoms with E-state index < -0.39 is 0 Å². The minimum atomic E-state index is -0.388. The first-order valence-corrected chi connectivity index (χ1v) is 9.70. The van der Waals surface area contributed by atoms with E-state index in [1.807, 2.05) is 43.3 Å². The van der Waals surface area contributed by atoms with Crippen LogP contribution in [0.4, 0.5) is 0 Å². The van der Waals surface area contributed by atoms with E-state index in [1.165, 1.54) is 0 Å². The molecule has 7 heteroatoms. The van der Waals surface area contributed by atoms with Gasteiger partial charge in [-0.15, -0.1) is 0 Å². The van der Waals surface area contributed by atoms with Crippen LogP contribution in [0.2, 0.25) is 0 Å². The van der Waals surface area contributed by atoms with E-state index in [9.17, 15) is 4.79 Å². The summed E-state index contributed by atoms with van der Waals surface area (Å²) in [7, 11) is 3.17. The summed E-state index contributed by atoms with van der Waals surface area (Å²) >= 11 is 0. The molecule has 1 aromatic heterocycles. The Bertz CT molecular complexity index is 1280. The highest BCUT2D eigenvalue weighted by Crippen LogP contribution is 2.32. The van der Waals surface area contributed by atoms with Crippen molar-refractivity contribution in [2.24, 2.45) is 5.10 Å². The van der Waals surface area contributed by atoms with Gasteiger partial charge < -0.3 is 9.47 Å². The maximum atomic E-state index is 12.6. The van der Waals surface area contributed by atoms with Gasteiger partial charge in [-0.05, 0) is 53.6 Å². The number of carbonyl (C=O) groups is 1. The van der Waals surface area contributed by atoms with Crippen LogP contribution in [0.25, 0.3) is 22.0 Å². The third-order valence-corrected chi connectivity index (χ3v) is 5.00. The molecule has 4 rings (SSSR count). The fourth-order valence-corrected chi connectivity index (χ4v) is 3.26. The van der Waals surface area contributed by atoms with Gasteiger partial charge in [0.05, 0.1) is 25.6 Å². The summed E-state index contributed by atoms with van der Waals surface area (Å²) in [6.07, 6.45) is 0. The van der Waals surface area contributed by atoms with Gasteiger partial charge in [0.15, 0.2) is 0 Å². The van der Waals surface area contributed by atoms with E-state index in [2.05, 4.69) is 26.8 Å². The number of carbonyl (C=O) groups excluding carboxylic acids is 1. The van der Waals surface area contributed by atoms with Crippen molar-refractivity contribution in [2.75, 3.05) is 14.2 Å². The van der Waals surface area contributed by atoms with Crippen LogP contribution in [0, 0.1) is 0 Å². The molecule has 1 amide bonds. The first-order chi connectivity index (χ1) is 15.1. The van der Waals surface area contributed by atoms with E-state index in [1.54, 1.807) is 38.5 Å². The number of nitrogens with zero attached hydrogens (tertiary/aromatic N) is 2. The number of aromatic nitrogens is 2. The second-order valence-electron chi connectivity index (χ2n) is 6.93. The Morgan fingerprint density at radius 2 is 1.77 bits per heavy atom. The molecule has 156 valence electrons. The highest BCUT2D eigenvalue weighted by Gasteiger charge is 2.15. The minimum absolute atomic E-state index is 0.287. The van der Waals surface area contributed by atoms with Crippen LogP contribution in [0.1, 0.15) is 23.0 Å². The number of fused-ring (bicyclic) bond motifs is 1. The number of hydrazone groups is 1. The average molecular weight is 414 g/mol. The first-order valence-electron chi connectivity index (χ1n) is 9.70. The highest BCUT2D eigenvalue weighted by atomic mass is 16.5. The van der Waals surface area contributed by atoms with Gasteiger partial charge in [-0.3, -0.25) is 9.89 Å². The van der Waals surface area contributed by atoms with Gasteiger partial charge in [-0.2, -0.15) is 10.2 Å². The molecule has 0 aliphatic heterocycles. The minimum Gasteiger partial charge on any atom is -0.497 e. The molecule has 0 aliphatic rings. The van der Waals surface area contributed by atoms with Crippen LogP contribution in [0.5, 0.6) is 11.5 Å². The van der Waals surface area contributed by atoms with Crippen molar-refractivity contribution in [3.05, 3.63) is 78.0 Å². The Kier molecular flexibility index (Phi) is 5.66. The van der Waals surface area contributed by atoms with E-state index >= 15 is 0 Å². The monoisotopic (exact) mass is 414 g/mol. The second kappa shape index (κ2) is 8.71. The number of H-pyrrole nitrogens is 1. The second-order valence-corrected chi connectivity index (χ2v) is 6.93. The number of hydrogen-bond donors (Lipinski definition) is 2. The Labute approximate surface area is 179 Å². The summed E-state index contributed by atoms with van der Waals surface area (Å²) < 4.78 is 10.7. The van der Waals surface area contributed by atoms with Crippen LogP contribution in [0.3, 0.4) is 0 Å². The SMILES string of the molecule is COc1ccc(OC)c(-c2cc(C(=O)N/N=C(\C)c3ccc4ccccc4c3)[nH]n2)c1. The van der Waals surface area contributed by atoms with Gasteiger partial charge in [0.25, 0.3) is 5.91 Å². The van der Waals surface area contributed by atoms with Crippen LogP contribution in [0.15, 0.2) is 71.8 Å². The van der Waals surface area contributed by atoms with Crippen LogP contribution in [-0.4, -0.2) is 36.0 Å². The van der Waals surface area contributed by atoms with Crippen molar-refractivity contribution in [1.29, 1.82) is 0 Å². The molecule has 3 aromatic carbocycles. The lowest BCUT2D eigenvalue weighted by molar-refractivity contribution is 0.0950. The summed E-state index contributed by atoms with van der Waals surface area (Å²) in [5.41, 5.74) is 5.79. The molecular weight excluding hydrogens is 392 g/mol. The molecule has 0 spiro atoms. The van der Waals surface area contributed by atoms with Gasteiger partial charge >= 0.3 is 0 Å². The smallest absolute Gasteiger partial charge is 0.289 e. The number of aromatic amines is 1.